The third-order valence-electron chi connectivity index (χ3n) is 5.03. The molecule has 1 atom stereocenters. The molecule has 7 nitrogen and oxygen atoms in total. The number of piperidine rings is 1. The average Bonchev–Trinajstić information content (AvgIpc) is 2.94. The van der Waals surface area contributed by atoms with Crippen molar-refractivity contribution in [2.75, 3.05) is 36.5 Å². The van der Waals surface area contributed by atoms with Gasteiger partial charge in [-0.25, -0.2) is 18.4 Å². The lowest BCUT2D eigenvalue weighted by molar-refractivity contribution is 0.0747. The SMILES string of the molecule is CC1CCN(c2ncc(C(=O)N(C)C3CCS(=O)(=O)C3)cn2)CC1. The smallest absolute Gasteiger partial charge is 0.257 e. The first-order chi connectivity index (χ1) is 11.4. The predicted molar refractivity (Wildman–Crippen MR) is 91.8 cm³/mol. The molecule has 2 fully saturated rings. The van der Waals surface area contributed by atoms with Crippen molar-refractivity contribution in [1.82, 2.24) is 14.9 Å². The van der Waals surface area contributed by atoms with Gasteiger partial charge < -0.3 is 9.80 Å². The largest absolute Gasteiger partial charge is 0.341 e. The lowest BCUT2D eigenvalue weighted by atomic mass is 10.00. The Balaban J connectivity index is 1.65. The molecule has 0 spiro atoms. The molecule has 0 aromatic carbocycles. The van der Waals surface area contributed by atoms with Crippen molar-refractivity contribution in [3.63, 3.8) is 0 Å². The molecule has 0 N–H and O–H groups in total. The molecule has 1 aromatic heterocycles. The van der Waals surface area contributed by atoms with E-state index in [0.717, 1.165) is 31.8 Å². The highest BCUT2D eigenvalue weighted by molar-refractivity contribution is 7.91. The van der Waals surface area contributed by atoms with Crippen molar-refractivity contribution in [2.24, 2.45) is 5.92 Å². The molecule has 1 unspecified atom stereocenters. The van der Waals surface area contributed by atoms with E-state index in [1.807, 2.05) is 0 Å². The van der Waals surface area contributed by atoms with Crippen LogP contribution < -0.4 is 4.90 Å². The molecular formula is C16H24N4O3S. The molecule has 24 heavy (non-hydrogen) atoms. The van der Waals surface area contributed by atoms with Gasteiger partial charge in [0.05, 0.1) is 17.1 Å². The number of sulfone groups is 1. The zero-order valence-corrected chi connectivity index (χ0v) is 15.0. The van der Waals surface area contributed by atoms with Crippen molar-refractivity contribution < 1.29 is 13.2 Å². The number of hydrogen-bond acceptors (Lipinski definition) is 6. The van der Waals surface area contributed by atoms with Crippen LogP contribution in [0.5, 0.6) is 0 Å². The molecule has 0 aliphatic carbocycles. The van der Waals surface area contributed by atoms with Gasteiger partial charge in [0.15, 0.2) is 9.84 Å². The molecular weight excluding hydrogens is 328 g/mol. The van der Waals surface area contributed by atoms with Crippen LogP contribution in [0.1, 0.15) is 36.5 Å². The lowest BCUT2D eigenvalue weighted by Crippen LogP contribution is -2.38. The van der Waals surface area contributed by atoms with E-state index < -0.39 is 9.84 Å². The topological polar surface area (TPSA) is 83.5 Å². The van der Waals surface area contributed by atoms with Crippen LogP contribution in [0, 0.1) is 5.92 Å². The standard InChI is InChI=1S/C16H24N4O3S/c1-12-3-6-20(7-4-12)16-17-9-13(10-18-16)15(21)19(2)14-5-8-24(22,23)11-14/h9-10,12,14H,3-8,11H2,1-2H3. The Bertz CT molecular complexity index is 697. The van der Waals surface area contributed by atoms with Crippen LogP contribution in [-0.4, -0.2) is 66.9 Å². The van der Waals surface area contributed by atoms with Gasteiger partial charge in [0.25, 0.3) is 5.91 Å². The first-order valence-corrected chi connectivity index (χ1v) is 10.2. The summed E-state index contributed by atoms with van der Waals surface area (Å²) in [6.45, 7) is 4.13. The highest BCUT2D eigenvalue weighted by Gasteiger charge is 2.33. The molecule has 0 radical (unpaired) electrons. The van der Waals surface area contributed by atoms with Crippen molar-refractivity contribution >= 4 is 21.7 Å². The summed E-state index contributed by atoms with van der Waals surface area (Å²) in [7, 11) is -1.37. The number of nitrogens with zero attached hydrogens (tertiary/aromatic N) is 4. The summed E-state index contributed by atoms with van der Waals surface area (Å²) in [4.78, 5) is 24.8. The van der Waals surface area contributed by atoms with Crippen molar-refractivity contribution in [3.8, 4) is 0 Å². The third kappa shape index (κ3) is 3.68. The van der Waals surface area contributed by atoms with Crippen molar-refractivity contribution in [1.29, 1.82) is 0 Å². The van der Waals surface area contributed by atoms with Gasteiger partial charge in [-0.3, -0.25) is 4.79 Å². The number of hydrogen-bond donors (Lipinski definition) is 0. The first kappa shape index (κ1) is 17.1. The molecule has 8 heteroatoms. The van der Waals surface area contributed by atoms with Crippen LogP contribution in [0.15, 0.2) is 12.4 Å². The van der Waals surface area contributed by atoms with Gasteiger partial charge in [-0.2, -0.15) is 0 Å². The minimum atomic E-state index is -3.01. The van der Waals surface area contributed by atoms with E-state index in [0.29, 0.717) is 17.9 Å². The second-order valence-corrected chi connectivity index (χ2v) is 9.14. The second kappa shape index (κ2) is 6.66. The molecule has 2 aliphatic rings. The maximum Gasteiger partial charge on any atom is 0.257 e. The van der Waals surface area contributed by atoms with E-state index in [1.165, 1.54) is 4.90 Å². The molecule has 132 valence electrons. The fraction of sp³-hybridized carbons (Fsp3) is 0.688. The number of carbonyl (C=O) groups is 1. The first-order valence-electron chi connectivity index (χ1n) is 8.40. The third-order valence-corrected chi connectivity index (χ3v) is 6.78. The summed E-state index contributed by atoms with van der Waals surface area (Å²) < 4.78 is 23.2. The van der Waals surface area contributed by atoms with Gasteiger partial charge in [0.2, 0.25) is 5.95 Å². The number of anilines is 1. The van der Waals surface area contributed by atoms with E-state index >= 15 is 0 Å². The maximum atomic E-state index is 12.5. The van der Waals surface area contributed by atoms with E-state index in [9.17, 15) is 13.2 Å². The maximum absolute atomic E-state index is 12.5. The second-order valence-electron chi connectivity index (χ2n) is 6.91. The Kier molecular flexibility index (Phi) is 4.76. The fourth-order valence-corrected chi connectivity index (χ4v) is 5.03. The van der Waals surface area contributed by atoms with Gasteiger partial charge in [0, 0.05) is 38.6 Å². The molecule has 1 amide bonds. The zero-order chi connectivity index (χ0) is 17.3. The molecule has 3 heterocycles. The molecule has 3 rings (SSSR count). The van der Waals surface area contributed by atoms with E-state index in [2.05, 4.69) is 21.8 Å². The highest BCUT2D eigenvalue weighted by Crippen LogP contribution is 2.21. The van der Waals surface area contributed by atoms with Crippen LogP contribution >= 0.6 is 0 Å². The Morgan fingerprint density at radius 2 is 1.83 bits per heavy atom. The minimum absolute atomic E-state index is 0.0418. The van der Waals surface area contributed by atoms with Crippen LogP contribution in [0.4, 0.5) is 5.95 Å². The Morgan fingerprint density at radius 3 is 2.38 bits per heavy atom. The van der Waals surface area contributed by atoms with Gasteiger partial charge >= 0.3 is 0 Å². The normalized spacial score (nSPS) is 24.1. The van der Waals surface area contributed by atoms with Gasteiger partial charge in [-0.05, 0) is 25.2 Å². The molecule has 2 saturated heterocycles. The van der Waals surface area contributed by atoms with E-state index in [-0.39, 0.29) is 23.5 Å². The number of carbonyl (C=O) groups excluding carboxylic acids is 1. The summed E-state index contributed by atoms with van der Waals surface area (Å²) in [5.41, 5.74) is 0.399. The fourth-order valence-electron chi connectivity index (χ4n) is 3.25. The van der Waals surface area contributed by atoms with Crippen molar-refractivity contribution in [2.45, 2.75) is 32.2 Å². The monoisotopic (exact) mass is 352 g/mol. The summed E-state index contributed by atoms with van der Waals surface area (Å²) in [5.74, 6) is 1.36. The van der Waals surface area contributed by atoms with Crippen molar-refractivity contribution in [3.05, 3.63) is 18.0 Å². The Labute approximate surface area is 143 Å². The molecule has 1 aromatic rings. The molecule has 0 saturated carbocycles. The summed E-state index contributed by atoms with van der Waals surface area (Å²) in [6, 6.07) is -0.259. The Hall–Kier alpha value is -1.70. The zero-order valence-electron chi connectivity index (χ0n) is 14.2. The lowest BCUT2D eigenvalue weighted by Gasteiger charge is -2.30. The highest BCUT2D eigenvalue weighted by atomic mass is 32.2. The van der Waals surface area contributed by atoms with Gasteiger partial charge in [-0.1, -0.05) is 6.92 Å². The molecule has 2 aliphatic heterocycles. The molecule has 0 bridgehead atoms. The quantitative estimate of drug-likeness (QED) is 0.806. The number of rotatable bonds is 3. The van der Waals surface area contributed by atoms with Gasteiger partial charge in [-0.15, -0.1) is 0 Å². The summed E-state index contributed by atoms with van der Waals surface area (Å²) >= 11 is 0. The van der Waals surface area contributed by atoms with E-state index in [4.69, 9.17) is 0 Å². The summed E-state index contributed by atoms with van der Waals surface area (Å²) in [6.07, 6.45) is 5.84. The van der Waals surface area contributed by atoms with Crippen LogP contribution in [-0.2, 0) is 9.84 Å². The average molecular weight is 352 g/mol. The number of amides is 1. The minimum Gasteiger partial charge on any atom is -0.341 e. The van der Waals surface area contributed by atoms with E-state index in [1.54, 1.807) is 19.4 Å². The summed E-state index contributed by atoms with van der Waals surface area (Å²) in [5, 5.41) is 0. The Morgan fingerprint density at radius 1 is 1.21 bits per heavy atom. The number of aromatic nitrogens is 2. The predicted octanol–water partition coefficient (Wildman–Crippen LogP) is 0.972. The van der Waals surface area contributed by atoms with Crippen LogP contribution in [0.3, 0.4) is 0 Å². The van der Waals surface area contributed by atoms with Crippen LogP contribution in [0.25, 0.3) is 0 Å². The van der Waals surface area contributed by atoms with Crippen LogP contribution in [0.2, 0.25) is 0 Å². The van der Waals surface area contributed by atoms with Gasteiger partial charge in [0.1, 0.15) is 0 Å².